The molecule has 4 aliphatic rings. The number of thiocarbonyl (C=S) groups is 1. The third-order valence-electron chi connectivity index (χ3n) is 7.01. The molecular weight excluding hydrogens is 480 g/mol. The smallest absolute Gasteiger partial charge is 0.320 e. The number of hydrogen-bond donors (Lipinski definition) is 2. The summed E-state index contributed by atoms with van der Waals surface area (Å²) in [6.45, 7) is 1.93. The second-order valence-electron chi connectivity index (χ2n) is 9.63. The molecule has 1 unspecified atom stereocenters. The topological polar surface area (TPSA) is 94.2 Å². The fourth-order valence-corrected chi connectivity index (χ4v) is 5.00. The Morgan fingerprint density at radius 1 is 1.14 bits per heavy atom. The number of halogens is 2. The lowest BCUT2D eigenvalue weighted by molar-refractivity contribution is -0.134. The van der Waals surface area contributed by atoms with Gasteiger partial charge in [-0.3, -0.25) is 14.9 Å². The zero-order valence-corrected chi connectivity index (χ0v) is 20.1. The first-order chi connectivity index (χ1) is 16.7. The summed E-state index contributed by atoms with van der Waals surface area (Å²) in [5.41, 5.74) is 0.0636. The van der Waals surface area contributed by atoms with Gasteiger partial charge in [-0.2, -0.15) is 0 Å². The van der Waals surface area contributed by atoms with Crippen LogP contribution in [0, 0.1) is 11.6 Å². The van der Waals surface area contributed by atoms with E-state index in [1.54, 1.807) is 14.7 Å². The van der Waals surface area contributed by atoms with Crippen molar-refractivity contribution in [1.29, 1.82) is 0 Å². The minimum Gasteiger partial charge on any atom is -0.464 e. The molecule has 3 heterocycles. The first-order valence-corrected chi connectivity index (χ1v) is 12.2. The van der Waals surface area contributed by atoms with Crippen LogP contribution in [0.5, 0.6) is 0 Å². The molecule has 1 aliphatic carbocycles. The van der Waals surface area contributed by atoms with E-state index in [2.05, 4.69) is 10.6 Å². The van der Waals surface area contributed by atoms with E-state index in [1.807, 2.05) is 7.05 Å². The van der Waals surface area contributed by atoms with Crippen molar-refractivity contribution in [2.45, 2.75) is 49.8 Å². The molecule has 1 saturated carbocycles. The van der Waals surface area contributed by atoms with Crippen molar-refractivity contribution in [1.82, 2.24) is 20.4 Å². The van der Waals surface area contributed by atoms with Crippen LogP contribution in [0.4, 0.5) is 19.3 Å². The van der Waals surface area contributed by atoms with Gasteiger partial charge < -0.3 is 24.8 Å². The van der Waals surface area contributed by atoms with Crippen LogP contribution in [0.3, 0.4) is 0 Å². The third kappa shape index (κ3) is 4.89. The fourth-order valence-electron chi connectivity index (χ4n) is 4.70. The summed E-state index contributed by atoms with van der Waals surface area (Å²) in [6.07, 6.45) is 2.10. The number of piperidine rings is 1. The second kappa shape index (κ2) is 9.21. The monoisotopic (exact) mass is 507 g/mol. The molecule has 0 radical (unpaired) electrons. The van der Waals surface area contributed by atoms with Crippen molar-refractivity contribution >= 4 is 40.9 Å². The van der Waals surface area contributed by atoms with Gasteiger partial charge in [0.2, 0.25) is 11.8 Å². The zero-order valence-electron chi connectivity index (χ0n) is 19.3. The molecule has 0 bridgehead atoms. The Hall–Kier alpha value is -3.02. The average molecular weight is 508 g/mol. The molecule has 2 N–H and O–H groups in total. The van der Waals surface area contributed by atoms with Gasteiger partial charge in [0.05, 0.1) is 25.0 Å². The van der Waals surface area contributed by atoms with Gasteiger partial charge in [-0.05, 0) is 43.6 Å². The molecule has 0 spiro atoms. The molecule has 3 aliphatic heterocycles. The Labute approximate surface area is 206 Å². The lowest BCUT2D eigenvalue weighted by Crippen LogP contribution is -2.62. The first kappa shape index (κ1) is 23.7. The molecule has 5 rings (SSSR count). The van der Waals surface area contributed by atoms with Crippen LogP contribution < -0.4 is 15.5 Å². The summed E-state index contributed by atoms with van der Waals surface area (Å²) in [7, 11) is 1.82. The van der Waals surface area contributed by atoms with Crippen molar-refractivity contribution < 1.29 is 27.9 Å². The number of urea groups is 1. The minimum atomic E-state index is -1.02. The predicted molar refractivity (Wildman–Crippen MR) is 126 cm³/mol. The van der Waals surface area contributed by atoms with Gasteiger partial charge in [0.25, 0.3) is 5.17 Å². The highest BCUT2D eigenvalue weighted by Crippen LogP contribution is 2.33. The Bertz CT molecular complexity index is 1050. The van der Waals surface area contributed by atoms with Gasteiger partial charge in [-0.25, -0.2) is 13.6 Å². The van der Waals surface area contributed by atoms with E-state index >= 15 is 0 Å². The Morgan fingerprint density at radius 2 is 1.80 bits per heavy atom. The normalized spacial score (nSPS) is 22.8. The molecule has 3 saturated heterocycles. The number of carbonyl (C=O) groups is 3. The molecule has 4 amide bonds. The number of nitrogens with zero attached hydrogens (tertiary/aromatic N) is 3. The molecule has 1 aromatic carbocycles. The maximum absolute atomic E-state index is 14.7. The van der Waals surface area contributed by atoms with Gasteiger partial charge in [-0.1, -0.05) is 0 Å². The number of likely N-dealkylation sites (tertiary alicyclic amines) is 1. The number of hydrogen-bond acceptors (Lipinski definition) is 6. The van der Waals surface area contributed by atoms with Crippen molar-refractivity contribution in [3.8, 4) is 0 Å². The number of carbonyl (C=O) groups excluding carboxylic acids is 3. The maximum Gasteiger partial charge on any atom is 0.320 e. The number of amides is 4. The molecule has 9 nitrogen and oxygen atoms in total. The summed E-state index contributed by atoms with van der Waals surface area (Å²) in [5.74, 6) is -3.74. The van der Waals surface area contributed by atoms with E-state index in [9.17, 15) is 23.2 Å². The second-order valence-corrected chi connectivity index (χ2v) is 10.0. The Morgan fingerprint density at radius 3 is 2.40 bits per heavy atom. The van der Waals surface area contributed by atoms with Crippen LogP contribution in [0.15, 0.2) is 12.1 Å². The van der Waals surface area contributed by atoms with Crippen LogP contribution in [0.25, 0.3) is 0 Å². The molecule has 0 aromatic heterocycles. The number of imide groups is 1. The van der Waals surface area contributed by atoms with E-state index < -0.39 is 29.4 Å². The van der Waals surface area contributed by atoms with Crippen molar-refractivity contribution in [2.75, 3.05) is 38.1 Å². The van der Waals surface area contributed by atoms with E-state index in [1.165, 1.54) is 12.1 Å². The number of nitrogens with one attached hydrogen (secondary N) is 2. The summed E-state index contributed by atoms with van der Waals surface area (Å²) in [5, 5.41) is 5.47. The summed E-state index contributed by atoms with van der Waals surface area (Å²) in [6, 6.07) is 2.77. The summed E-state index contributed by atoms with van der Waals surface area (Å²) in [4.78, 5) is 40.9. The average Bonchev–Trinajstić information content (AvgIpc) is 3.58. The molecule has 35 heavy (non-hydrogen) atoms. The van der Waals surface area contributed by atoms with E-state index in [0.29, 0.717) is 37.9 Å². The quantitative estimate of drug-likeness (QED) is 0.461. The summed E-state index contributed by atoms with van der Waals surface area (Å²) < 4.78 is 35.2. The number of rotatable bonds is 5. The predicted octanol–water partition coefficient (Wildman–Crippen LogP) is 1.46. The van der Waals surface area contributed by atoms with Crippen LogP contribution in [0.1, 0.15) is 37.2 Å². The molecule has 12 heteroatoms. The number of anilines is 1. The molecule has 188 valence electrons. The molecular formula is C23H27F2N5O4S. The lowest BCUT2D eigenvalue weighted by atomic mass is 9.89. The number of benzene rings is 1. The van der Waals surface area contributed by atoms with Crippen LogP contribution in [0.2, 0.25) is 0 Å². The van der Waals surface area contributed by atoms with Gasteiger partial charge in [-0.15, -0.1) is 0 Å². The maximum atomic E-state index is 14.7. The van der Waals surface area contributed by atoms with Crippen molar-refractivity contribution in [3.05, 3.63) is 29.3 Å². The molecule has 4 fully saturated rings. The lowest BCUT2D eigenvalue weighted by Gasteiger charge is -2.43. The Balaban J connectivity index is 1.08. The van der Waals surface area contributed by atoms with E-state index in [-0.39, 0.29) is 41.8 Å². The van der Waals surface area contributed by atoms with Crippen molar-refractivity contribution in [3.63, 3.8) is 0 Å². The number of ether oxygens (including phenoxy) is 1. The van der Waals surface area contributed by atoms with E-state index in [4.69, 9.17) is 17.0 Å². The van der Waals surface area contributed by atoms with Crippen LogP contribution >= 0.6 is 12.2 Å². The Kier molecular flexibility index (Phi) is 6.24. The standard InChI is InChI=1S/C23H27F2N5O4S/c1-28(13-2-3-13)23(33)30-10-15(11-30)34-22(35)26-12-8-29(9-12)14-6-17(24)20(18(25)7-14)16-4-5-19(31)27-21(16)32/h6-7,12-13,15-16H,2-5,8-11H2,1H3,(H,26,35)(H,27,31,32). The zero-order chi connectivity index (χ0) is 24.9. The van der Waals surface area contributed by atoms with E-state index in [0.717, 1.165) is 12.8 Å². The van der Waals surface area contributed by atoms with Crippen LogP contribution in [-0.4, -0.2) is 84.2 Å². The van der Waals surface area contributed by atoms with Gasteiger partial charge in [0.1, 0.15) is 17.7 Å². The van der Waals surface area contributed by atoms with Crippen molar-refractivity contribution in [2.24, 2.45) is 0 Å². The van der Waals surface area contributed by atoms with Gasteiger partial charge in [0, 0.05) is 43.9 Å². The SMILES string of the molecule is CN(C(=O)N1CC(OC(=S)NC2CN(c3cc(F)c(C4CCC(=O)NC4=O)c(F)c3)C2)C1)C1CC1. The van der Waals surface area contributed by atoms with Gasteiger partial charge >= 0.3 is 6.03 Å². The highest BCUT2D eigenvalue weighted by Gasteiger charge is 2.39. The largest absolute Gasteiger partial charge is 0.464 e. The van der Waals surface area contributed by atoms with Gasteiger partial charge in [0.15, 0.2) is 0 Å². The highest BCUT2D eigenvalue weighted by molar-refractivity contribution is 7.80. The third-order valence-corrected chi connectivity index (χ3v) is 7.22. The summed E-state index contributed by atoms with van der Waals surface area (Å²) >= 11 is 5.27. The minimum absolute atomic E-state index is 0.0175. The molecule has 1 atom stereocenters. The first-order valence-electron chi connectivity index (χ1n) is 11.8. The fraction of sp³-hybridized carbons (Fsp3) is 0.565. The highest BCUT2D eigenvalue weighted by atomic mass is 32.1. The van der Waals surface area contributed by atoms with Crippen LogP contribution in [-0.2, 0) is 14.3 Å². The molecule has 1 aromatic rings.